The molecule has 2 aliphatic rings. The van der Waals surface area contributed by atoms with Gasteiger partial charge in [0.25, 0.3) is 0 Å². The van der Waals surface area contributed by atoms with Gasteiger partial charge in [-0.3, -0.25) is 0 Å². The van der Waals surface area contributed by atoms with Gasteiger partial charge in [-0.2, -0.15) is 0 Å². The molecule has 0 unspecified atom stereocenters. The summed E-state index contributed by atoms with van der Waals surface area (Å²) in [5, 5.41) is 0. The number of hydrogen-bond donors (Lipinski definition) is 0. The Labute approximate surface area is 130 Å². The fourth-order valence-electron chi connectivity index (χ4n) is 5.08. The number of fused-ring (bicyclic) bond motifs is 1. The molecule has 2 fully saturated rings. The van der Waals surface area contributed by atoms with Crippen molar-refractivity contribution in [2.24, 2.45) is 23.2 Å². The van der Waals surface area contributed by atoms with Gasteiger partial charge in [-0.05, 0) is 62.2 Å². The van der Waals surface area contributed by atoms with Crippen molar-refractivity contribution in [3.05, 3.63) is 11.6 Å². The molecule has 0 aromatic carbocycles. The zero-order chi connectivity index (χ0) is 15.5. The van der Waals surface area contributed by atoms with E-state index in [4.69, 9.17) is 4.74 Å². The van der Waals surface area contributed by atoms with E-state index in [-0.39, 0.29) is 5.97 Å². The van der Waals surface area contributed by atoms with E-state index < -0.39 is 0 Å². The highest BCUT2D eigenvalue weighted by Gasteiger charge is 2.46. The summed E-state index contributed by atoms with van der Waals surface area (Å²) in [5.74, 6) is 2.44. The van der Waals surface area contributed by atoms with Gasteiger partial charge >= 0.3 is 5.97 Å². The molecule has 0 radical (unpaired) electrons. The van der Waals surface area contributed by atoms with Crippen molar-refractivity contribution in [1.29, 1.82) is 0 Å². The highest BCUT2D eigenvalue weighted by Crippen LogP contribution is 2.56. The van der Waals surface area contributed by atoms with Crippen molar-refractivity contribution in [1.82, 2.24) is 0 Å². The largest absolute Gasteiger partial charge is 0.466 e. The molecule has 120 valence electrons. The van der Waals surface area contributed by atoms with Gasteiger partial charge in [-0.1, -0.05) is 38.7 Å². The number of methoxy groups -OCH3 is 1. The van der Waals surface area contributed by atoms with Gasteiger partial charge in [-0.15, -0.1) is 0 Å². The Morgan fingerprint density at radius 2 is 2.05 bits per heavy atom. The van der Waals surface area contributed by atoms with Gasteiger partial charge in [-0.25, -0.2) is 4.79 Å². The van der Waals surface area contributed by atoms with Crippen LogP contribution in [-0.2, 0) is 9.53 Å². The maximum Gasteiger partial charge on any atom is 0.330 e. The molecule has 0 bridgehead atoms. The van der Waals surface area contributed by atoms with Crippen molar-refractivity contribution >= 4 is 5.97 Å². The van der Waals surface area contributed by atoms with Gasteiger partial charge in [0.2, 0.25) is 0 Å². The monoisotopic (exact) mass is 292 g/mol. The normalized spacial score (nSPS) is 37.0. The van der Waals surface area contributed by atoms with Crippen molar-refractivity contribution < 1.29 is 9.53 Å². The third-order valence-corrected chi connectivity index (χ3v) is 6.36. The number of carbonyl (C=O) groups is 1. The topological polar surface area (TPSA) is 26.3 Å². The molecule has 2 rings (SSSR count). The van der Waals surface area contributed by atoms with E-state index in [2.05, 4.69) is 20.8 Å². The summed E-state index contributed by atoms with van der Waals surface area (Å²) in [6, 6.07) is 0. The molecule has 0 spiro atoms. The average molecular weight is 292 g/mol. The second-order valence-corrected chi connectivity index (χ2v) is 7.66. The molecular formula is C19H32O2. The molecule has 2 nitrogen and oxygen atoms in total. The first-order chi connectivity index (χ1) is 9.97. The lowest BCUT2D eigenvalue weighted by Gasteiger charge is -2.53. The molecule has 2 heteroatoms. The van der Waals surface area contributed by atoms with E-state index in [0.29, 0.717) is 5.41 Å². The first-order valence-electron chi connectivity index (χ1n) is 8.72. The van der Waals surface area contributed by atoms with Gasteiger partial charge in [0.1, 0.15) is 0 Å². The molecule has 0 aliphatic heterocycles. The van der Waals surface area contributed by atoms with Crippen LogP contribution in [0.4, 0.5) is 0 Å². The summed E-state index contributed by atoms with van der Waals surface area (Å²) in [7, 11) is 1.45. The summed E-state index contributed by atoms with van der Waals surface area (Å²) in [6.07, 6.45) is 12.4. The van der Waals surface area contributed by atoms with Crippen molar-refractivity contribution in [2.45, 2.75) is 72.1 Å². The van der Waals surface area contributed by atoms with Gasteiger partial charge in [0.15, 0.2) is 0 Å². The molecule has 2 aliphatic carbocycles. The maximum absolute atomic E-state index is 11.3. The molecule has 0 amide bonds. The summed E-state index contributed by atoms with van der Waals surface area (Å²) < 4.78 is 4.72. The molecule has 0 N–H and O–H groups in total. The Balaban J connectivity index is 1.99. The van der Waals surface area contributed by atoms with Gasteiger partial charge < -0.3 is 4.74 Å². The molecular weight excluding hydrogens is 260 g/mol. The lowest BCUT2D eigenvalue weighted by molar-refractivity contribution is -0.134. The Kier molecular flexibility index (Phi) is 5.51. The van der Waals surface area contributed by atoms with E-state index in [9.17, 15) is 4.79 Å². The van der Waals surface area contributed by atoms with Crippen LogP contribution in [-0.4, -0.2) is 13.1 Å². The Morgan fingerprint density at radius 1 is 1.29 bits per heavy atom. The van der Waals surface area contributed by atoms with Crippen LogP contribution < -0.4 is 0 Å². The quantitative estimate of drug-likeness (QED) is 0.530. The molecule has 0 aromatic heterocycles. The summed E-state index contributed by atoms with van der Waals surface area (Å²) in [5.41, 5.74) is 1.71. The first-order valence-corrected chi connectivity index (χ1v) is 8.72. The molecule has 2 saturated carbocycles. The number of allylic oxidation sites excluding steroid dienone is 1. The predicted molar refractivity (Wildman–Crippen MR) is 87.0 cm³/mol. The average Bonchev–Trinajstić information content (AvgIpc) is 2.45. The molecule has 0 heterocycles. The zero-order valence-electron chi connectivity index (χ0n) is 14.3. The van der Waals surface area contributed by atoms with Crippen LogP contribution in [0, 0.1) is 23.2 Å². The second-order valence-electron chi connectivity index (χ2n) is 7.66. The number of hydrogen-bond acceptors (Lipinski definition) is 2. The number of rotatable bonds is 4. The van der Waals surface area contributed by atoms with E-state index >= 15 is 0 Å². The maximum atomic E-state index is 11.3. The van der Waals surface area contributed by atoms with Crippen LogP contribution in [0.15, 0.2) is 11.6 Å². The highest BCUT2D eigenvalue weighted by molar-refractivity contribution is 5.82. The predicted octanol–water partition coefficient (Wildman–Crippen LogP) is 5.13. The van der Waals surface area contributed by atoms with E-state index in [0.717, 1.165) is 29.7 Å². The van der Waals surface area contributed by atoms with Crippen LogP contribution in [0.25, 0.3) is 0 Å². The number of esters is 1. The molecule has 0 saturated heterocycles. The summed E-state index contributed by atoms with van der Waals surface area (Å²) >= 11 is 0. The third kappa shape index (κ3) is 3.70. The highest BCUT2D eigenvalue weighted by atomic mass is 16.5. The SMILES string of the molecule is COC(=O)/C=C(\C)CC[C@@H]1CCC[C@H]2[C@H](C)CCC[C@]12C. The standard InChI is InChI=1S/C19H32O2/c1-14(13-18(20)21-4)10-11-16-8-5-9-17-15(2)7-6-12-19(16,17)3/h13,15-17H,5-12H2,1-4H3/b14-13+/t15-,16+,17+,19-/m1/s1. The lowest BCUT2D eigenvalue weighted by Crippen LogP contribution is -2.44. The van der Waals surface area contributed by atoms with Crippen LogP contribution >= 0.6 is 0 Å². The van der Waals surface area contributed by atoms with Crippen LogP contribution in [0.3, 0.4) is 0 Å². The Bertz CT molecular complexity index is 398. The third-order valence-electron chi connectivity index (χ3n) is 6.36. The lowest BCUT2D eigenvalue weighted by atomic mass is 9.52. The van der Waals surface area contributed by atoms with Crippen LogP contribution in [0.2, 0.25) is 0 Å². The molecule has 21 heavy (non-hydrogen) atoms. The minimum atomic E-state index is -0.216. The van der Waals surface area contributed by atoms with Crippen molar-refractivity contribution in [3.8, 4) is 0 Å². The van der Waals surface area contributed by atoms with Gasteiger partial charge in [0, 0.05) is 6.08 Å². The zero-order valence-corrected chi connectivity index (χ0v) is 14.3. The fraction of sp³-hybridized carbons (Fsp3) is 0.842. The van der Waals surface area contributed by atoms with Crippen molar-refractivity contribution in [3.63, 3.8) is 0 Å². The summed E-state index contributed by atoms with van der Waals surface area (Å²) in [4.78, 5) is 11.3. The minimum Gasteiger partial charge on any atom is -0.466 e. The van der Waals surface area contributed by atoms with Gasteiger partial charge in [0.05, 0.1) is 7.11 Å². The first kappa shape index (κ1) is 16.6. The molecule has 0 aromatic rings. The summed E-state index contributed by atoms with van der Waals surface area (Å²) in [6.45, 7) is 7.08. The smallest absolute Gasteiger partial charge is 0.330 e. The Hall–Kier alpha value is -0.790. The van der Waals surface area contributed by atoms with Crippen LogP contribution in [0.1, 0.15) is 72.1 Å². The fourth-order valence-corrected chi connectivity index (χ4v) is 5.08. The van der Waals surface area contributed by atoms with Crippen LogP contribution in [0.5, 0.6) is 0 Å². The second kappa shape index (κ2) is 6.98. The number of ether oxygens (including phenoxy) is 1. The van der Waals surface area contributed by atoms with E-state index in [1.54, 1.807) is 6.08 Å². The number of carbonyl (C=O) groups excluding carboxylic acids is 1. The van der Waals surface area contributed by atoms with Crippen molar-refractivity contribution in [2.75, 3.05) is 7.11 Å². The molecule has 4 atom stereocenters. The van der Waals surface area contributed by atoms with E-state index in [1.807, 2.05) is 0 Å². The minimum absolute atomic E-state index is 0.216. The van der Waals surface area contributed by atoms with E-state index in [1.165, 1.54) is 52.1 Å². The Morgan fingerprint density at radius 3 is 2.76 bits per heavy atom.